The zero-order chi connectivity index (χ0) is 14.7. The van der Waals surface area contributed by atoms with Gasteiger partial charge in [-0.1, -0.05) is 13.8 Å². The van der Waals surface area contributed by atoms with Gasteiger partial charge in [0.25, 0.3) is 0 Å². The Kier molecular flexibility index (Phi) is 4.88. The number of nitrogens with two attached hydrogens (primary N) is 1. The van der Waals surface area contributed by atoms with Crippen molar-refractivity contribution in [2.24, 2.45) is 11.7 Å². The average molecular weight is 343 g/mol. The van der Waals surface area contributed by atoms with Crippen molar-refractivity contribution in [2.75, 3.05) is 19.8 Å². The molecule has 0 spiro atoms. The second-order valence-corrected chi connectivity index (χ2v) is 6.02. The number of hydrogen-bond donors (Lipinski definition) is 2. The zero-order valence-electron chi connectivity index (χ0n) is 11.6. The van der Waals surface area contributed by atoms with Gasteiger partial charge in [0.2, 0.25) is 5.91 Å². The molecule has 110 valence electrons. The van der Waals surface area contributed by atoms with E-state index in [9.17, 15) is 4.79 Å². The lowest BCUT2D eigenvalue weighted by Crippen LogP contribution is -2.35. The van der Waals surface area contributed by atoms with Crippen LogP contribution < -0.4 is 20.5 Å². The number of rotatable bonds is 5. The monoisotopic (exact) mass is 342 g/mol. The highest BCUT2D eigenvalue weighted by Crippen LogP contribution is 2.39. The van der Waals surface area contributed by atoms with Crippen LogP contribution in [0, 0.1) is 5.92 Å². The van der Waals surface area contributed by atoms with E-state index in [1.807, 2.05) is 12.1 Å². The highest BCUT2D eigenvalue weighted by molar-refractivity contribution is 9.10. The Hall–Kier alpha value is -1.27. The fraction of sp³-hybridized carbons (Fsp3) is 0.500. The van der Waals surface area contributed by atoms with Crippen LogP contribution in [0.2, 0.25) is 0 Å². The van der Waals surface area contributed by atoms with Crippen LogP contribution in [0.25, 0.3) is 0 Å². The van der Waals surface area contributed by atoms with Gasteiger partial charge in [-0.2, -0.15) is 0 Å². The lowest BCUT2D eigenvalue weighted by Gasteiger charge is -2.23. The first-order valence-corrected chi connectivity index (χ1v) is 7.40. The second-order valence-electron chi connectivity index (χ2n) is 5.16. The number of fused-ring (bicyclic) bond motifs is 1. The van der Waals surface area contributed by atoms with E-state index in [2.05, 4.69) is 35.1 Å². The Bertz CT molecular complexity index is 505. The van der Waals surface area contributed by atoms with Crippen LogP contribution in [0.3, 0.4) is 0 Å². The molecule has 1 heterocycles. The topological polar surface area (TPSA) is 73.6 Å². The van der Waals surface area contributed by atoms with Gasteiger partial charge in [-0.25, -0.2) is 0 Å². The maximum atomic E-state index is 11.7. The van der Waals surface area contributed by atoms with E-state index in [4.69, 9.17) is 15.2 Å². The molecule has 6 heteroatoms. The van der Waals surface area contributed by atoms with Crippen molar-refractivity contribution in [3.63, 3.8) is 0 Å². The molecule has 1 unspecified atom stereocenters. The summed E-state index contributed by atoms with van der Waals surface area (Å²) in [6.07, 6.45) is 0. The summed E-state index contributed by atoms with van der Waals surface area (Å²) in [5.41, 5.74) is 6.26. The van der Waals surface area contributed by atoms with E-state index < -0.39 is 11.9 Å². The number of hydrogen-bond acceptors (Lipinski definition) is 4. The molecule has 1 aliphatic heterocycles. The summed E-state index contributed by atoms with van der Waals surface area (Å²) in [6, 6.07) is 3.11. The highest BCUT2D eigenvalue weighted by atomic mass is 79.9. The van der Waals surface area contributed by atoms with Crippen LogP contribution in [-0.4, -0.2) is 25.7 Å². The first kappa shape index (κ1) is 15.1. The van der Waals surface area contributed by atoms with Crippen molar-refractivity contribution >= 4 is 21.8 Å². The van der Waals surface area contributed by atoms with Gasteiger partial charge >= 0.3 is 0 Å². The fourth-order valence-electron chi connectivity index (χ4n) is 2.03. The normalized spacial score (nSPS) is 15.2. The van der Waals surface area contributed by atoms with E-state index in [0.717, 1.165) is 10.0 Å². The molecule has 0 aliphatic carbocycles. The largest absolute Gasteiger partial charge is 0.486 e. The molecule has 1 amide bonds. The molecule has 0 fully saturated rings. The fourth-order valence-corrected chi connectivity index (χ4v) is 2.61. The first-order valence-electron chi connectivity index (χ1n) is 6.60. The third-order valence-electron chi connectivity index (χ3n) is 2.97. The Balaban J connectivity index is 2.29. The molecule has 0 radical (unpaired) electrons. The summed E-state index contributed by atoms with van der Waals surface area (Å²) < 4.78 is 11.9. The van der Waals surface area contributed by atoms with Gasteiger partial charge in [0.15, 0.2) is 11.5 Å². The molecule has 2 rings (SSSR count). The second kappa shape index (κ2) is 6.45. The summed E-state index contributed by atoms with van der Waals surface area (Å²) >= 11 is 3.45. The average Bonchev–Trinajstić information content (AvgIpc) is 2.38. The molecule has 0 aromatic heterocycles. The van der Waals surface area contributed by atoms with Gasteiger partial charge < -0.3 is 20.5 Å². The van der Waals surface area contributed by atoms with Crippen molar-refractivity contribution in [1.82, 2.24) is 5.32 Å². The summed E-state index contributed by atoms with van der Waals surface area (Å²) in [5.74, 6) is 1.33. The van der Waals surface area contributed by atoms with Crippen molar-refractivity contribution in [1.29, 1.82) is 0 Å². The zero-order valence-corrected chi connectivity index (χ0v) is 13.2. The number of amides is 1. The predicted molar refractivity (Wildman–Crippen MR) is 79.9 cm³/mol. The maximum Gasteiger partial charge on any atom is 0.239 e. The molecule has 1 aromatic carbocycles. The van der Waals surface area contributed by atoms with Crippen LogP contribution in [0.5, 0.6) is 11.5 Å². The smallest absolute Gasteiger partial charge is 0.239 e. The Labute approximate surface area is 126 Å². The molecular formula is C14H19BrN2O3. The minimum atomic E-state index is -0.537. The number of benzene rings is 1. The van der Waals surface area contributed by atoms with Crippen LogP contribution in [-0.2, 0) is 4.79 Å². The van der Waals surface area contributed by atoms with Crippen LogP contribution >= 0.6 is 15.9 Å². The highest BCUT2D eigenvalue weighted by Gasteiger charge is 2.23. The number of primary amides is 1. The van der Waals surface area contributed by atoms with Crippen molar-refractivity contribution in [3.8, 4) is 11.5 Å². The van der Waals surface area contributed by atoms with Crippen molar-refractivity contribution in [3.05, 3.63) is 22.2 Å². The first-order chi connectivity index (χ1) is 9.49. The van der Waals surface area contributed by atoms with E-state index in [1.54, 1.807) is 0 Å². The van der Waals surface area contributed by atoms with Crippen LogP contribution in [0.15, 0.2) is 16.6 Å². The molecule has 0 saturated carbocycles. The minimum absolute atomic E-state index is 0.408. The van der Waals surface area contributed by atoms with Crippen molar-refractivity contribution < 1.29 is 14.3 Å². The molecular weight excluding hydrogens is 324 g/mol. The summed E-state index contributed by atoms with van der Waals surface area (Å²) in [6.45, 7) is 5.88. The number of nitrogens with one attached hydrogen (secondary N) is 1. The van der Waals surface area contributed by atoms with Crippen LogP contribution in [0.1, 0.15) is 25.5 Å². The number of carbonyl (C=O) groups excluding carboxylic acids is 1. The molecule has 1 aliphatic rings. The van der Waals surface area contributed by atoms with Crippen LogP contribution in [0.4, 0.5) is 0 Å². The van der Waals surface area contributed by atoms with Crippen molar-refractivity contribution in [2.45, 2.75) is 19.9 Å². The number of ether oxygens (including phenoxy) is 2. The van der Waals surface area contributed by atoms with Gasteiger partial charge in [-0.3, -0.25) is 4.79 Å². The molecule has 5 nitrogen and oxygen atoms in total. The molecule has 0 saturated heterocycles. The Morgan fingerprint density at radius 3 is 2.75 bits per heavy atom. The SMILES string of the molecule is CC(C)CNC(C(N)=O)c1cc(Br)c2c(c1)OCCO2. The third-order valence-corrected chi connectivity index (χ3v) is 3.56. The third kappa shape index (κ3) is 3.43. The standard InChI is InChI=1S/C14H19BrN2O3/c1-8(2)7-17-12(14(16)18)9-5-10(15)13-11(6-9)19-3-4-20-13/h5-6,8,12,17H,3-4,7H2,1-2H3,(H2,16,18). The van der Waals surface area contributed by atoms with Gasteiger partial charge in [-0.05, 0) is 46.1 Å². The van der Waals surface area contributed by atoms with E-state index in [1.165, 1.54) is 0 Å². The summed E-state index contributed by atoms with van der Waals surface area (Å²) in [5, 5.41) is 3.18. The molecule has 0 bridgehead atoms. The Morgan fingerprint density at radius 2 is 2.10 bits per heavy atom. The van der Waals surface area contributed by atoms with Gasteiger partial charge in [0.1, 0.15) is 19.3 Å². The predicted octanol–water partition coefficient (Wildman–Crippen LogP) is 1.99. The molecule has 3 N–H and O–H groups in total. The van der Waals surface area contributed by atoms with Gasteiger partial charge in [0.05, 0.1) is 4.47 Å². The van der Waals surface area contributed by atoms with E-state index >= 15 is 0 Å². The van der Waals surface area contributed by atoms with Gasteiger partial charge in [0, 0.05) is 0 Å². The van der Waals surface area contributed by atoms with E-state index in [-0.39, 0.29) is 0 Å². The lowest BCUT2D eigenvalue weighted by atomic mass is 10.0. The number of halogens is 1. The molecule has 1 aromatic rings. The lowest BCUT2D eigenvalue weighted by molar-refractivity contribution is -0.120. The molecule has 20 heavy (non-hydrogen) atoms. The van der Waals surface area contributed by atoms with E-state index in [0.29, 0.717) is 37.2 Å². The summed E-state index contributed by atoms with van der Waals surface area (Å²) in [7, 11) is 0. The minimum Gasteiger partial charge on any atom is -0.486 e. The number of carbonyl (C=O) groups is 1. The maximum absolute atomic E-state index is 11.7. The van der Waals surface area contributed by atoms with Gasteiger partial charge in [-0.15, -0.1) is 0 Å². The Morgan fingerprint density at radius 1 is 1.40 bits per heavy atom. The molecule has 1 atom stereocenters. The summed E-state index contributed by atoms with van der Waals surface area (Å²) in [4.78, 5) is 11.7. The quantitative estimate of drug-likeness (QED) is 0.858.